The molecule has 240 valence electrons. The van der Waals surface area contributed by atoms with Gasteiger partial charge in [-0.3, -0.25) is 4.79 Å². The van der Waals surface area contributed by atoms with Crippen LogP contribution in [-0.2, 0) is 34.9 Å². The molecule has 0 bridgehead atoms. The van der Waals surface area contributed by atoms with E-state index in [0.717, 1.165) is 0 Å². The highest BCUT2D eigenvalue weighted by molar-refractivity contribution is 5.78. The highest BCUT2D eigenvalue weighted by Gasteiger charge is 2.78. The van der Waals surface area contributed by atoms with Crippen LogP contribution >= 0.6 is 0 Å². The van der Waals surface area contributed by atoms with E-state index in [9.17, 15) is 25.2 Å². The van der Waals surface area contributed by atoms with Crippen LogP contribution < -0.4 is 14.2 Å². The molecule has 4 N–H and O–H groups in total. The summed E-state index contributed by atoms with van der Waals surface area (Å²) in [6.45, 7) is -0.583. The summed E-state index contributed by atoms with van der Waals surface area (Å²) in [5.74, 6) is -2.43. The Balaban J connectivity index is 1.51. The third-order valence-corrected chi connectivity index (χ3v) is 8.93. The first-order chi connectivity index (χ1) is 21.7. The van der Waals surface area contributed by atoms with Crippen LogP contribution in [-0.4, -0.2) is 91.8 Å². The molecule has 2 heterocycles. The molecule has 3 aromatic rings. The number of aliphatic hydroxyl groups excluding tert-OH is 3. The van der Waals surface area contributed by atoms with Gasteiger partial charge in [0.2, 0.25) is 6.29 Å². The van der Waals surface area contributed by atoms with Crippen molar-refractivity contribution in [3.05, 3.63) is 89.5 Å². The van der Waals surface area contributed by atoms with E-state index >= 15 is 0 Å². The molecule has 0 spiro atoms. The Kier molecular flexibility index (Phi) is 8.48. The molecule has 1 saturated carbocycles. The Morgan fingerprint density at radius 1 is 1.02 bits per heavy atom. The monoisotopic (exact) mass is 624 g/mol. The van der Waals surface area contributed by atoms with Crippen LogP contribution in [0, 0.1) is 5.92 Å². The van der Waals surface area contributed by atoms with Crippen molar-refractivity contribution in [3.63, 3.8) is 0 Å². The Hall–Kier alpha value is -3.75. The van der Waals surface area contributed by atoms with E-state index in [1.165, 1.54) is 33.5 Å². The fraction of sp³-hybridized carbons (Fsp3) is 0.424. The predicted molar refractivity (Wildman–Crippen MR) is 155 cm³/mol. The molecule has 0 amide bonds. The summed E-state index contributed by atoms with van der Waals surface area (Å²) in [6.07, 6.45) is -5.94. The first-order valence-corrected chi connectivity index (χ1v) is 14.5. The molecule has 1 aliphatic carbocycles. The summed E-state index contributed by atoms with van der Waals surface area (Å²) in [6, 6.07) is 21.0. The van der Waals surface area contributed by atoms with Crippen LogP contribution in [0.5, 0.6) is 17.2 Å². The molecule has 3 aliphatic rings. The third kappa shape index (κ3) is 4.76. The molecule has 12 heteroatoms. The summed E-state index contributed by atoms with van der Waals surface area (Å²) in [4.78, 5) is 13.4. The lowest BCUT2D eigenvalue weighted by atomic mass is 9.70. The predicted octanol–water partition coefficient (Wildman–Crippen LogP) is 1.56. The van der Waals surface area contributed by atoms with Crippen molar-refractivity contribution >= 4 is 5.97 Å². The summed E-state index contributed by atoms with van der Waals surface area (Å²) in [7, 11) is 4.03. The normalized spacial score (nSPS) is 32.6. The van der Waals surface area contributed by atoms with Gasteiger partial charge >= 0.3 is 5.97 Å². The van der Waals surface area contributed by atoms with E-state index in [0.29, 0.717) is 11.1 Å². The van der Waals surface area contributed by atoms with Crippen molar-refractivity contribution < 1.29 is 58.4 Å². The van der Waals surface area contributed by atoms with Crippen molar-refractivity contribution in [1.29, 1.82) is 0 Å². The first-order valence-electron chi connectivity index (χ1n) is 14.5. The zero-order valence-corrected chi connectivity index (χ0v) is 24.9. The van der Waals surface area contributed by atoms with Crippen LogP contribution in [0.15, 0.2) is 72.8 Å². The summed E-state index contributed by atoms with van der Waals surface area (Å²) >= 11 is 0. The summed E-state index contributed by atoms with van der Waals surface area (Å²) in [5.41, 5.74) is -2.66. The lowest BCUT2D eigenvalue weighted by Crippen LogP contribution is -2.52. The van der Waals surface area contributed by atoms with E-state index < -0.39 is 66.5 Å². The van der Waals surface area contributed by atoms with E-state index in [1.807, 2.05) is 24.3 Å². The van der Waals surface area contributed by atoms with Crippen molar-refractivity contribution in [2.75, 3.05) is 34.5 Å². The standard InChI is InChI=1S/C33H36O12/c1-39-22-14-20(43-31-30(41-3)42-17-24(44-31)21(35)16-34)15-23-27(22)32(38)28(36)25(29(37)40-2)26(18-10-6-4-7-11-18)33(32,45-23)19-12-8-5-9-13-19/h4-15,21,24-26,28,30-31,34-36,38H,16-17H2,1-3H3/t21-,24-,25+,26+,28+,30-,31-,32+,33-/m1/s1. The Morgan fingerprint density at radius 2 is 1.71 bits per heavy atom. The van der Waals surface area contributed by atoms with Crippen molar-refractivity contribution in [2.45, 2.75) is 48.0 Å². The Morgan fingerprint density at radius 3 is 2.33 bits per heavy atom. The molecular formula is C33H36O12. The molecule has 9 atom stereocenters. The smallest absolute Gasteiger partial charge is 0.312 e. The Bertz CT molecular complexity index is 1500. The number of esters is 1. The molecule has 2 fully saturated rings. The minimum absolute atomic E-state index is 0.0382. The molecule has 3 aromatic carbocycles. The fourth-order valence-corrected chi connectivity index (χ4v) is 6.96. The van der Waals surface area contributed by atoms with Gasteiger partial charge in [-0.2, -0.15) is 0 Å². The molecule has 45 heavy (non-hydrogen) atoms. The zero-order valence-electron chi connectivity index (χ0n) is 24.9. The van der Waals surface area contributed by atoms with Crippen LogP contribution in [0.4, 0.5) is 0 Å². The van der Waals surface area contributed by atoms with Crippen molar-refractivity contribution in [1.82, 2.24) is 0 Å². The number of aliphatic hydroxyl groups is 4. The number of hydrogen-bond acceptors (Lipinski definition) is 12. The topological polar surface area (TPSA) is 163 Å². The second kappa shape index (κ2) is 12.2. The van der Waals surface area contributed by atoms with E-state index in [-0.39, 0.29) is 29.4 Å². The third-order valence-electron chi connectivity index (χ3n) is 8.93. The van der Waals surface area contributed by atoms with Gasteiger partial charge in [0.1, 0.15) is 35.6 Å². The average Bonchev–Trinajstić information content (AvgIpc) is 3.46. The van der Waals surface area contributed by atoms with Crippen molar-refractivity contribution in [3.8, 4) is 17.2 Å². The van der Waals surface area contributed by atoms with Gasteiger partial charge in [-0.25, -0.2) is 0 Å². The SMILES string of the molecule is COC(=O)[C@H]1[C@H](c2ccccc2)[C@@]2(c3ccccc3)Oc3cc(O[C@@H]4O[C@@H]([C@H](O)CO)CO[C@H]4OC)cc(OC)c3[C@]2(O)[C@H]1O. The lowest BCUT2D eigenvalue weighted by molar-refractivity contribution is -0.324. The molecular weight excluding hydrogens is 588 g/mol. The van der Waals surface area contributed by atoms with Crippen molar-refractivity contribution in [2.24, 2.45) is 5.92 Å². The molecule has 2 aliphatic heterocycles. The van der Waals surface area contributed by atoms with Gasteiger partial charge in [-0.05, 0) is 11.1 Å². The number of rotatable bonds is 9. The van der Waals surface area contributed by atoms with Crippen LogP contribution in [0.1, 0.15) is 22.6 Å². The number of fused-ring (bicyclic) bond motifs is 3. The van der Waals surface area contributed by atoms with Gasteiger partial charge in [0.05, 0.1) is 38.9 Å². The number of benzene rings is 3. The molecule has 0 radical (unpaired) electrons. The molecule has 0 unspecified atom stereocenters. The van der Waals surface area contributed by atoms with Gasteiger partial charge in [-0.1, -0.05) is 60.7 Å². The summed E-state index contributed by atoms with van der Waals surface area (Å²) in [5, 5.41) is 44.5. The maximum atomic E-state index is 13.4. The van der Waals surface area contributed by atoms with E-state index in [4.69, 9.17) is 33.2 Å². The minimum atomic E-state index is -2.21. The number of hydrogen-bond donors (Lipinski definition) is 4. The van der Waals surface area contributed by atoms with Gasteiger partial charge in [0, 0.05) is 25.2 Å². The molecule has 1 saturated heterocycles. The molecule has 12 nitrogen and oxygen atoms in total. The molecule has 6 rings (SSSR count). The number of ether oxygens (including phenoxy) is 7. The summed E-state index contributed by atoms with van der Waals surface area (Å²) < 4.78 is 40.7. The van der Waals surface area contributed by atoms with E-state index in [2.05, 4.69) is 0 Å². The zero-order chi connectivity index (χ0) is 31.9. The first kappa shape index (κ1) is 31.2. The minimum Gasteiger partial charge on any atom is -0.496 e. The Labute approximate surface area is 259 Å². The average molecular weight is 625 g/mol. The molecule has 0 aromatic heterocycles. The second-order valence-electron chi connectivity index (χ2n) is 11.2. The maximum absolute atomic E-state index is 13.4. The van der Waals surface area contributed by atoms with Gasteiger partial charge < -0.3 is 53.6 Å². The van der Waals surface area contributed by atoms with Crippen LogP contribution in [0.25, 0.3) is 0 Å². The highest BCUT2D eigenvalue weighted by atomic mass is 16.8. The van der Waals surface area contributed by atoms with E-state index in [1.54, 1.807) is 36.4 Å². The number of carbonyl (C=O) groups excluding carboxylic acids is 1. The quantitative estimate of drug-likeness (QED) is 0.255. The largest absolute Gasteiger partial charge is 0.496 e. The van der Waals surface area contributed by atoms with Gasteiger partial charge in [0.25, 0.3) is 6.29 Å². The number of carbonyl (C=O) groups is 1. The fourth-order valence-electron chi connectivity index (χ4n) is 6.96. The van der Waals surface area contributed by atoms with Gasteiger partial charge in [0.15, 0.2) is 11.2 Å². The van der Waals surface area contributed by atoms with Crippen LogP contribution in [0.2, 0.25) is 0 Å². The second-order valence-corrected chi connectivity index (χ2v) is 11.2. The van der Waals surface area contributed by atoms with Crippen LogP contribution in [0.3, 0.4) is 0 Å². The van der Waals surface area contributed by atoms with Gasteiger partial charge in [-0.15, -0.1) is 0 Å². The maximum Gasteiger partial charge on any atom is 0.312 e. The lowest BCUT2D eigenvalue weighted by Gasteiger charge is -2.40. The highest BCUT2D eigenvalue weighted by Crippen LogP contribution is 2.70. The number of methoxy groups -OCH3 is 3.